The number of carbonyl (C=O) groups excluding carboxylic acids is 1. The highest BCUT2D eigenvalue weighted by molar-refractivity contribution is 8.00. The summed E-state index contributed by atoms with van der Waals surface area (Å²) >= 11 is 1.56. The molecule has 1 heterocycles. The molecule has 2 atom stereocenters. The van der Waals surface area contributed by atoms with Crippen molar-refractivity contribution in [2.24, 2.45) is 0 Å². The van der Waals surface area contributed by atoms with E-state index in [1.807, 2.05) is 44.2 Å². The molecule has 2 aromatic rings. The minimum atomic E-state index is -0.164. The Hall–Kier alpha value is -2.14. The molecule has 4 nitrogen and oxygen atoms in total. The first-order valence-electron chi connectivity index (χ1n) is 8.46. The Bertz CT molecular complexity index is 745. The second kappa shape index (κ2) is 7.83. The molecule has 3 rings (SSSR count). The third kappa shape index (κ3) is 4.48. The first kappa shape index (κ1) is 17.7. The van der Waals surface area contributed by atoms with Gasteiger partial charge in [-0.05, 0) is 50.6 Å². The Balaban J connectivity index is 1.60. The Morgan fingerprint density at radius 1 is 1.04 bits per heavy atom. The molecule has 2 unspecified atom stereocenters. The van der Waals surface area contributed by atoms with Gasteiger partial charge in [-0.2, -0.15) is 0 Å². The number of thioether (sulfide) groups is 1. The van der Waals surface area contributed by atoms with E-state index in [-0.39, 0.29) is 17.2 Å². The standard InChI is InChI=1S/C20H23NO3S/c1-13-4-7-17(8-5-13)25-15(3)20(22)21-14(2)16-6-9-18-19(12-16)24-11-10-23-18/h4-9,12,14-15H,10-11H2,1-3H3,(H,21,22). The fourth-order valence-corrected chi connectivity index (χ4v) is 3.49. The number of nitrogens with one attached hydrogen (secondary N) is 1. The first-order valence-corrected chi connectivity index (χ1v) is 9.34. The van der Waals surface area contributed by atoms with E-state index in [0.717, 1.165) is 22.0 Å². The molecule has 0 radical (unpaired) electrons. The number of hydrogen-bond acceptors (Lipinski definition) is 4. The zero-order valence-corrected chi connectivity index (χ0v) is 15.6. The van der Waals surface area contributed by atoms with Crippen LogP contribution in [0.1, 0.15) is 31.0 Å². The maximum atomic E-state index is 12.5. The highest BCUT2D eigenvalue weighted by atomic mass is 32.2. The molecular formula is C20H23NO3S. The van der Waals surface area contributed by atoms with E-state index in [2.05, 4.69) is 24.4 Å². The molecule has 1 aliphatic heterocycles. The van der Waals surface area contributed by atoms with Crippen LogP contribution >= 0.6 is 11.8 Å². The van der Waals surface area contributed by atoms with Crippen molar-refractivity contribution in [1.29, 1.82) is 0 Å². The van der Waals surface area contributed by atoms with Crippen LogP contribution in [0.4, 0.5) is 0 Å². The third-order valence-electron chi connectivity index (χ3n) is 4.13. The van der Waals surface area contributed by atoms with Crippen LogP contribution in [0.2, 0.25) is 0 Å². The highest BCUT2D eigenvalue weighted by Gasteiger charge is 2.19. The second-order valence-electron chi connectivity index (χ2n) is 6.21. The lowest BCUT2D eigenvalue weighted by atomic mass is 10.1. The van der Waals surface area contributed by atoms with Gasteiger partial charge in [-0.3, -0.25) is 4.79 Å². The first-order chi connectivity index (χ1) is 12.0. The lowest BCUT2D eigenvalue weighted by molar-refractivity contribution is -0.120. The topological polar surface area (TPSA) is 47.6 Å². The zero-order valence-electron chi connectivity index (χ0n) is 14.7. The quantitative estimate of drug-likeness (QED) is 0.818. The predicted molar refractivity (Wildman–Crippen MR) is 100 cm³/mol. The number of carbonyl (C=O) groups is 1. The largest absolute Gasteiger partial charge is 0.486 e. The van der Waals surface area contributed by atoms with Gasteiger partial charge in [0.25, 0.3) is 0 Å². The Kier molecular flexibility index (Phi) is 5.53. The van der Waals surface area contributed by atoms with Gasteiger partial charge in [-0.15, -0.1) is 11.8 Å². The lowest BCUT2D eigenvalue weighted by Crippen LogP contribution is -2.33. The van der Waals surface area contributed by atoms with Crippen LogP contribution in [0.25, 0.3) is 0 Å². The normalized spacial score (nSPS) is 15.3. The van der Waals surface area contributed by atoms with E-state index >= 15 is 0 Å². The van der Waals surface area contributed by atoms with Crippen LogP contribution in [0.15, 0.2) is 47.4 Å². The Labute approximate surface area is 152 Å². The van der Waals surface area contributed by atoms with E-state index in [0.29, 0.717) is 13.2 Å². The number of amides is 1. The lowest BCUT2D eigenvalue weighted by Gasteiger charge is -2.22. The third-order valence-corrected chi connectivity index (χ3v) is 5.24. The summed E-state index contributed by atoms with van der Waals surface area (Å²) in [7, 11) is 0. The van der Waals surface area contributed by atoms with E-state index in [1.54, 1.807) is 11.8 Å². The molecular weight excluding hydrogens is 334 g/mol. The number of hydrogen-bond donors (Lipinski definition) is 1. The van der Waals surface area contributed by atoms with Gasteiger partial charge >= 0.3 is 0 Å². The number of ether oxygens (including phenoxy) is 2. The van der Waals surface area contributed by atoms with Gasteiger partial charge in [0.2, 0.25) is 5.91 Å². The molecule has 25 heavy (non-hydrogen) atoms. The average Bonchev–Trinajstić information content (AvgIpc) is 2.63. The van der Waals surface area contributed by atoms with Crippen LogP contribution in [-0.2, 0) is 4.79 Å². The number of aryl methyl sites for hydroxylation is 1. The highest BCUT2D eigenvalue weighted by Crippen LogP contribution is 2.32. The summed E-state index contributed by atoms with van der Waals surface area (Å²) in [6, 6.07) is 13.9. The minimum absolute atomic E-state index is 0.0213. The van der Waals surface area contributed by atoms with Gasteiger partial charge in [-0.25, -0.2) is 0 Å². The van der Waals surface area contributed by atoms with E-state index in [1.165, 1.54) is 5.56 Å². The minimum Gasteiger partial charge on any atom is -0.486 e. The summed E-state index contributed by atoms with van der Waals surface area (Å²) in [5.74, 6) is 1.52. The van der Waals surface area contributed by atoms with Crippen LogP contribution in [-0.4, -0.2) is 24.4 Å². The number of benzene rings is 2. The van der Waals surface area contributed by atoms with Gasteiger partial charge in [0.15, 0.2) is 11.5 Å². The molecule has 0 saturated heterocycles. The van der Waals surface area contributed by atoms with Crippen molar-refractivity contribution in [3.05, 3.63) is 53.6 Å². The molecule has 0 fully saturated rings. The Morgan fingerprint density at radius 2 is 1.72 bits per heavy atom. The van der Waals surface area contributed by atoms with Crippen molar-refractivity contribution in [2.45, 2.75) is 37.0 Å². The molecule has 5 heteroatoms. The fraction of sp³-hybridized carbons (Fsp3) is 0.350. The molecule has 132 valence electrons. The van der Waals surface area contributed by atoms with Gasteiger partial charge < -0.3 is 14.8 Å². The van der Waals surface area contributed by atoms with Crippen LogP contribution in [0.3, 0.4) is 0 Å². The van der Waals surface area contributed by atoms with Gasteiger partial charge in [0.05, 0.1) is 11.3 Å². The fourth-order valence-electron chi connectivity index (χ4n) is 2.62. The molecule has 1 N–H and O–H groups in total. The van der Waals surface area contributed by atoms with E-state index < -0.39 is 0 Å². The molecule has 2 aromatic carbocycles. The summed E-state index contributed by atoms with van der Waals surface area (Å²) < 4.78 is 11.2. The predicted octanol–water partition coefficient (Wildman–Crippen LogP) is 4.12. The monoisotopic (exact) mass is 357 g/mol. The molecule has 0 saturated carbocycles. The van der Waals surface area contributed by atoms with Crippen molar-refractivity contribution < 1.29 is 14.3 Å². The summed E-state index contributed by atoms with van der Waals surface area (Å²) in [6.45, 7) is 7.09. The average molecular weight is 357 g/mol. The number of rotatable bonds is 5. The van der Waals surface area contributed by atoms with Crippen molar-refractivity contribution >= 4 is 17.7 Å². The van der Waals surface area contributed by atoms with Crippen LogP contribution in [0.5, 0.6) is 11.5 Å². The summed E-state index contributed by atoms with van der Waals surface area (Å²) in [4.78, 5) is 13.6. The van der Waals surface area contributed by atoms with Gasteiger partial charge in [-0.1, -0.05) is 23.8 Å². The molecule has 1 amide bonds. The smallest absolute Gasteiger partial charge is 0.233 e. The molecule has 0 spiro atoms. The maximum Gasteiger partial charge on any atom is 0.233 e. The summed E-state index contributed by atoms with van der Waals surface area (Å²) in [6.07, 6.45) is 0. The van der Waals surface area contributed by atoms with E-state index in [9.17, 15) is 4.79 Å². The summed E-state index contributed by atoms with van der Waals surface area (Å²) in [5, 5.41) is 2.91. The van der Waals surface area contributed by atoms with Crippen LogP contribution < -0.4 is 14.8 Å². The Morgan fingerprint density at radius 3 is 2.44 bits per heavy atom. The van der Waals surface area contributed by atoms with Crippen molar-refractivity contribution in [1.82, 2.24) is 5.32 Å². The molecule has 0 bridgehead atoms. The molecule has 1 aliphatic rings. The number of fused-ring (bicyclic) bond motifs is 1. The van der Waals surface area contributed by atoms with Crippen molar-refractivity contribution in [3.63, 3.8) is 0 Å². The molecule has 0 aliphatic carbocycles. The second-order valence-corrected chi connectivity index (χ2v) is 7.62. The van der Waals surface area contributed by atoms with Crippen LogP contribution in [0, 0.1) is 6.92 Å². The summed E-state index contributed by atoms with van der Waals surface area (Å²) in [5.41, 5.74) is 2.22. The van der Waals surface area contributed by atoms with Crippen molar-refractivity contribution in [3.8, 4) is 11.5 Å². The van der Waals surface area contributed by atoms with Crippen molar-refractivity contribution in [2.75, 3.05) is 13.2 Å². The zero-order chi connectivity index (χ0) is 17.8. The maximum absolute atomic E-state index is 12.5. The van der Waals surface area contributed by atoms with Gasteiger partial charge in [0, 0.05) is 4.90 Å². The van der Waals surface area contributed by atoms with E-state index in [4.69, 9.17) is 9.47 Å². The molecule has 0 aromatic heterocycles. The van der Waals surface area contributed by atoms with Gasteiger partial charge in [0.1, 0.15) is 13.2 Å². The SMILES string of the molecule is Cc1ccc(SC(C)C(=O)NC(C)c2ccc3c(c2)OCCO3)cc1.